The molecule has 1 heterocycles. The average Bonchev–Trinajstić information content (AvgIpc) is 2.82. The van der Waals surface area contributed by atoms with Crippen molar-refractivity contribution in [1.82, 2.24) is 10.2 Å². The van der Waals surface area contributed by atoms with E-state index in [-0.39, 0.29) is 6.61 Å². The van der Waals surface area contributed by atoms with Crippen LogP contribution >= 0.6 is 11.6 Å². The highest BCUT2D eigenvalue weighted by atomic mass is 35.5. The number of carbonyl (C=O) groups is 1. The van der Waals surface area contributed by atoms with Gasteiger partial charge in [0.1, 0.15) is 0 Å². The third-order valence-electron chi connectivity index (χ3n) is 4.25. The van der Waals surface area contributed by atoms with Crippen molar-refractivity contribution in [2.45, 2.75) is 31.8 Å². The van der Waals surface area contributed by atoms with Gasteiger partial charge in [-0.2, -0.15) is 0 Å². The monoisotopic (exact) mass is 355 g/mol. The van der Waals surface area contributed by atoms with E-state index in [1.165, 1.54) is 12.8 Å². The van der Waals surface area contributed by atoms with Crippen molar-refractivity contribution in [3.8, 4) is 11.5 Å². The first-order chi connectivity index (χ1) is 11.5. The molecule has 1 aromatic carbocycles. The van der Waals surface area contributed by atoms with Crippen LogP contribution in [0, 0.1) is 0 Å². The van der Waals surface area contributed by atoms with Crippen molar-refractivity contribution in [3.05, 3.63) is 22.7 Å². The number of carbonyl (C=O) groups excluding carboxylic acids is 1. The van der Waals surface area contributed by atoms with Crippen molar-refractivity contribution in [3.63, 3.8) is 0 Å². The lowest BCUT2D eigenvalue weighted by molar-refractivity contribution is -0.119. The molecule has 24 heavy (non-hydrogen) atoms. The second-order valence-corrected chi connectivity index (χ2v) is 6.52. The number of primary amides is 1. The van der Waals surface area contributed by atoms with E-state index in [1.807, 2.05) is 12.1 Å². The van der Waals surface area contributed by atoms with Gasteiger partial charge >= 0.3 is 0 Å². The van der Waals surface area contributed by atoms with Gasteiger partial charge in [0.05, 0.1) is 12.1 Å². The maximum absolute atomic E-state index is 10.9. The predicted molar refractivity (Wildman–Crippen MR) is 94.7 cm³/mol. The molecule has 1 amide bonds. The SMILES string of the molecule is COc1cc(CN(C)C2CCCNCC2)cc(Cl)c1OCC(N)=O. The van der Waals surface area contributed by atoms with Crippen LogP contribution in [0.1, 0.15) is 24.8 Å². The molecule has 0 spiro atoms. The molecule has 3 N–H and O–H groups in total. The predicted octanol–water partition coefficient (Wildman–Crippen LogP) is 1.79. The van der Waals surface area contributed by atoms with Gasteiger partial charge in [-0.3, -0.25) is 9.69 Å². The van der Waals surface area contributed by atoms with Crippen LogP contribution < -0.4 is 20.5 Å². The summed E-state index contributed by atoms with van der Waals surface area (Å²) in [6.07, 6.45) is 3.52. The number of nitrogens with two attached hydrogens (primary N) is 1. The van der Waals surface area contributed by atoms with Gasteiger partial charge < -0.3 is 20.5 Å². The zero-order valence-electron chi connectivity index (χ0n) is 14.3. The molecule has 0 aromatic heterocycles. The van der Waals surface area contributed by atoms with Gasteiger partial charge in [0.25, 0.3) is 5.91 Å². The van der Waals surface area contributed by atoms with Crippen molar-refractivity contribution in [2.24, 2.45) is 5.73 Å². The molecule has 2 rings (SSSR count). The standard InChI is InChI=1S/C17H26ClN3O3/c1-21(13-4-3-6-20-7-5-13)10-12-8-14(18)17(15(9-12)23-2)24-11-16(19)22/h8-9,13,20H,3-7,10-11H2,1-2H3,(H2,19,22). The van der Waals surface area contributed by atoms with Crippen LogP contribution in [-0.2, 0) is 11.3 Å². The van der Waals surface area contributed by atoms with Crippen LogP contribution in [0.2, 0.25) is 5.02 Å². The highest BCUT2D eigenvalue weighted by Gasteiger charge is 2.19. The minimum absolute atomic E-state index is 0.232. The maximum Gasteiger partial charge on any atom is 0.255 e. The van der Waals surface area contributed by atoms with E-state index >= 15 is 0 Å². The summed E-state index contributed by atoms with van der Waals surface area (Å²) in [6, 6.07) is 4.30. The number of rotatable bonds is 7. The lowest BCUT2D eigenvalue weighted by Crippen LogP contribution is -2.32. The van der Waals surface area contributed by atoms with Crippen molar-refractivity contribution in [2.75, 3.05) is 33.9 Å². The Morgan fingerprint density at radius 3 is 2.92 bits per heavy atom. The van der Waals surface area contributed by atoms with E-state index in [0.717, 1.165) is 31.6 Å². The molecule has 1 atom stereocenters. The molecule has 134 valence electrons. The van der Waals surface area contributed by atoms with Crippen LogP contribution in [0.3, 0.4) is 0 Å². The van der Waals surface area contributed by atoms with Gasteiger partial charge in [0.2, 0.25) is 0 Å². The minimum atomic E-state index is -0.557. The van der Waals surface area contributed by atoms with Crippen LogP contribution in [0.4, 0.5) is 0 Å². The Hall–Kier alpha value is -1.50. The summed E-state index contributed by atoms with van der Waals surface area (Å²) in [7, 11) is 3.68. The molecule has 7 heteroatoms. The molecule has 1 aromatic rings. The van der Waals surface area contributed by atoms with Crippen LogP contribution in [0.15, 0.2) is 12.1 Å². The van der Waals surface area contributed by atoms with E-state index in [9.17, 15) is 4.79 Å². The van der Waals surface area contributed by atoms with E-state index in [0.29, 0.717) is 22.6 Å². The lowest BCUT2D eigenvalue weighted by atomic mass is 10.1. The zero-order chi connectivity index (χ0) is 17.5. The molecule has 1 aliphatic rings. The van der Waals surface area contributed by atoms with Gasteiger partial charge in [-0.15, -0.1) is 0 Å². The summed E-state index contributed by atoms with van der Waals surface area (Å²) in [5.41, 5.74) is 6.16. The molecule has 1 aliphatic heterocycles. The Balaban J connectivity index is 2.09. The van der Waals surface area contributed by atoms with Crippen molar-refractivity contribution in [1.29, 1.82) is 0 Å². The highest BCUT2D eigenvalue weighted by Crippen LogP contribution is 2.36. The molecular formula is C17H26ClN3O3. The Kier molecular flexibility index (Phi) is 7.15. The topological polar surface area (TPSA) is 76.8 Å². The fraction of sp³-hybridized carbons (Fsp3) is 0.588. The normalized spacial score (nSPS) is 18.2. The number of halogens is 1. The Bertz CT molecular complexity index is 560. The van der Waals surface area contributed by atoms with E-state index in [1.54, 1.807) is 7.11 Å². The van der Waals surface area contributed by atoms with Gasteiger partial charge in [-0.1, -0.05) is 11.6 Å². The highest BCUT2D eigenvalue weighted by molar-refractivity contribution is 6.32. The maximum atomic E-state index is 10.9. The first-order valence-electron chi connectivity index (χ1n) is 8.19. The van der Waals surface area contributed by atoms with Gasteiger partial charge in [0.15, 0.2) is 18.1 Å². The molecular weight excluding hydrogens is 330 g/mol. The second kappa shape index (κ2) is 9.11. The molecule has 1 unspecified atom stereocenters. The number of hydrogen-bond acceptors (Lipinski definition) is 5. The number of nitrogens with one attached hydrogen (secondary N) is 1. The molecule has 1 fully saturated rings. The third kappa shape index (κ3) is 5.26. The number of ether oxygens (including phenoxy) is 2. The Labute approximate surface area is 148 Å². The average molecular weight is 356 g/mol. The zero-order valence-corrected chi connectivity index (χ0v) is 15.1. The van der Waals surface area contributed by atoms with Crippen molar-refractivity contribution >= 4 is 17.5 Å². The minimum Gasteiger partial charge on any atom is -0.493 e. The molecule has 6 nitrogen and oxygen atoms in total. The molecule has 0 radical (unpaired) electrons. The summed E-state index contributed by atoms with van der Waals surface area (Å²) in [6.45, 7) is 2.69. The number of benzene rings is 1. The Morgan fingerprint density at radius 1 is 1.42 bits per heavy atom. The van der Waals surface area contributed by atoms with Crippen LogP contribution in [-0.4, -0.2) is 50.7 Å². The van der Waals surface area contributed by atoms with E-state index in [2.05, 4.69) is 17.3 Å². The first-order valence-corrected chi connectivity index (χ1v) is 8.57. The van der Waals surface area contributed by atoms with E-state index in [4.69, 9.17) is 26.8 Å². The fourth-order valence-electron chi connectivity index (χ4n) is 3.01. The summed E-state index contributed by atoms with van der Waals surface area (Å²) in [5.74, 6) is 0.302. The summed E-state index contributed by atoms with van der Waals surface area (Å²) < 4.78 is 10.7. The number of hydrogen-bond donors (Lipinski definition) is 2. The second-order valence-electron chi connectivity index (χ2n) is 6.11. The largest absolute Gasteiger partial charge is 0.493 e. The van der Waals surface area contributed by atoms with E-state index < -0.39 is 5.91 Å². The summed E-state index contributed by atoms with van der Waals surface area (Å²) in [4.78, 5) is 13.2. The summed E-state index contributed by atoms with van der Waals surface area (Å²) in [5, 5.41) is 3.85. The molecule has 0 aliphatic carbocycles. The van der Waals surface area contributed by atoms with Gasteiger partial charge in [-0.25, -0.2) is 0 Å². The number of amides is 1. The van der Waals surface area contributed by atoms with Crippen molar-refractivity contribution < 1.29 is 14.3 Å². The van der Waals surface area contributed by atoms with Crippen LogP contribution in [0.25, 0.3) is 0 Å². The molecule has 0 saturated carbocycles. The number of methoxy groups -OCH3 is 1. The third-order valence-corrected chi connectivity index (χ3v) is 4.53. The number of nitrogens with zero attached hydrogens (tertiary/aromatic N) is 1. The lowest BCUT2D eigenvalue weighted by Gasteiger charge is -2.27. The van der Waals surface area contributed by atoms with Gasteiger partial charge in [-0.05, 0) is 57.1 Å². The van der Waals surface area contributed by atoms with Gasteiger partial charge in [0, 0.05) is 12.6 Å². The fourth-order valence-corrected chi connectivity index (χ4v) is 3.29. The smallest absolute Gasteiger partial charge is 0.255 e. The Morgan fingerprint density at radius 2 is 2.21 bits per heavy atom. The van der Waals surface area contributed by atoms with Crippen LogP contribution in [0.5, 0.6) is 11.5 Å². The quantitative estimate of drug-likeness (QED) is 0.779. The summed E-state index contributed by atoms with van der Waals surface area (Å²) >= 11 is 6.31. The molecule has 1 saturated heterocycles. The first kappa shape index (κ1) is 18.8. The molecule has 0 bridgehead atoms.